The van der Waals surface area contributed by atoms with Crippen LogP contribution >= 0.6 is 12.2 Å². The van der Waals surface area contributed by atoms with E-state index in [0.717, 1.165) is 6.42 Å². The molecule has 0 atom stereocenters. The Hall–Kier alpha value is -0.680. The van der Waals surface area contributed by atoms with Crippen LogP contribution < -0.4 is 5.73 Å². The molecule has 0 aromatic heterocycles. The first-order chi connectivity index (χ1) is 7.11. The summed E-state index contributed by atoms with van der Waals surface area (Å²) in [5.41, 5.74) is 5.39. The van der Waals surface area contributed by atoms with Crippen molar-refractivity contribution in [2.24, 2.45) is 5.73 Å². The number of thiocarbonyl (C=S) groups is 1. The maximum Gasteiger partial charge on any atom is 0.225 e. The Kier molecular flexibility index (Phi) is 8.22. The summed E-state index contributed by atoms with van der Waals surface area (Å²) in [7, 11) is 0. The van der Waals surface area contributed by atoms with Gasteiger partial charge in [0.2, 0.25) is 5.91 Å². The molecule has 0 aliphatic carbocycles. The van der Waals surface area contributed by atoms with Crippen molar-refractivity contribution in [2.75, 3.05) is 26.3 Å². The molecule has 0 rings (SSSR count). The number of rotatable bonds is 8. The smallest absolute Gasteiger partial charge is 0.225 e. The van der Waals surface area contributed by atoms with E-state index in [1.54, 1.807) is 4.90 Å². The third-order valence-electron chi connectivity index (χ3n) is 1.89. The number of nitrogens with two attached hydrogens (primary N) is 1. The van der Waals surface area contributed by atoms with Crippen LogP contribution in [0.2, 0.25) is 0 Å². The second-order valence-corrected chi connectivity index (χ2v) is 3.76. The molecule has 0 spiro atoms. The number of carbonyl (C=O) groups is 1. The zero-order chi connectivity index (χ0) is 11.7. The molecule has 0 aromatic rings. The highest BCUT2D eigenvalue weighted by atomic mass is 32.1. The Labute approximate surface area is 96.8 Å². The van der Waals surface area contributed by atoms with E-state index in [-0.39, 0.29) is 5.91 Å². The average molecular weight is 232 g/mol. The number of hydrogen-bond acceptors (Lipinski definition) is 3. The Bertz CT molecular complexity index is 210. The van der Waals surface area contributed by atoms with Gasteiger partial charge in [-0.1, -0.05) is 19.1 Å². The lowest BCUT2D eigenvalue weighted by Gasteiger charge is -2.19. The third-order valence-corrected chi connectivity index (χ3v) is 2.02. The third kappa shape index (κ3) is 7.27. The van der Waals surface area contributed by atoms with Crippen molar-refractivity contribution in [3.05, 3.63) is 0 Å². The number of ether oxygens (including phenoxy) is 1. The lowest BCUT2D eigenvalue weighted by molar-refractivity contribution is -0.131. The van der Waals surface area contributed by atoms with Crippen LogP contribution in [0.5, 0.6) is 0 Å². The first kappa shape index (κ1) is 14.3. The van der Waals surface area contributed by atoms with E-state index >= 15 is 0 Å². The normalized spacial score (nSPS) is 10.0. The molecule has 0 fully saturated rings. The molecule has 5 heteroatoms. The summed E-state index contributed by atoms with van der Waals surface area (Å²) in [4.78, 5) is 13.6. The zero-order valence-electron chi connectivity index (χ0n) is 9.49. The molecule has 0 unspecified atom stereocenters. The van der Waals surface area contributed by atoms with E-state index in [9.17, 15) is 4.79 Å². The maximum atomic E-state index is 11.6. The molecule has 2 N–H and O–H groups in total. The SMILES string of the molecule is CCCOCCC(=O)N(CC)CC(N)=S. The summed E-state index contributed by atoms with van der Waals surface area (Å²) < 4.78 is 5.24. The van der Waals surface area contributed by atoms with Gasteiger partial charge in [-0.25, -0.2) is 0 Å². The highest BCUT2D eigenvalue weighted by Gasteiger charge is 2.11. The predicted molar refractivity (Wildman–Crippen MR) is 64.8 cm³/mol. The van der Waals surface area contributed by atoms with E-state index in [1.807, 2.05) is 13.8 Å². The van der Waals surface area contributed by atoms with E-state index in [4.69, 9.17) is 22.7 Å². The minimum atomic E-state index is 0.0430. The maximum absolute atomic E-state index is 11.6. The molecule has 15 heavy (non-hydrogen) atoms. The second-order valence-electron chi connectivity index (χ2n) is 3.24. The molecule has 0 aliphatic heterocycles. The Morgan fingerprint density at radius 2 is 2.07 bits per heavy atom. The van der Waals surface area contributed by atoms with Crippen LogP contribution in [0.15, 0.2) is 0 Å². The van der Waals surface area contributed by atoms with Crippen LogP contribution in [0, 0.1) is 0 Å². The quantitative estimate of drug-likeness (QED) is 0.500. The van der Waals surface area contributed by atoms with Gasteiger partial charge in [-0.2, -0.15) is 0 Å². The number of nitrogens with zero attached hydrogens (tertiary/aromatic N) is 1. The fraction of sp³-hybridized carbons (Fsp3) is 0.800. The monoisotopic (exact) mass is 232 g/mol. The number of hydrogen-bond donors (Lipinski definition) is 1. The molecule has 1 amide bonds. The number of carbonyl (C=O) groups excluding carboxylic acids is 1. The van der Waals surface area contributed by atoms with Crippen LogP contribution in [0.3, 0.4) is 0 Å². The topological polar surface area (TPSA) is 55.6 Å². The second kappa shape index (κ2) is 8.61. The van der Waals surface area contributed by atoms with Crippen molar-refractivity contribution in [3.8, 4) is 0 Å². The van der Waals surface area contributed by atoms with E-state index in [2.05, 4.69) is 0 Å². The molecule has 0 bridgehead atoms. The largest absolute Gasteiger partial charge is 0.392 e. The van der Waals surface area contributed by atoms with E-state index in [1.165, 1.54) is 0 Å². The van der Waals surface area contributed by atoms with Crippen molar-refractivity contribution in [2.45, 2.75) is 26.7 Å². The molecule has 0 aromatic carbocycles. The molecule has 88 valence electrons. The Morgan fingerprint density at radius 3 is 2.53 bits per heavy atom. The molecule has 0 aliphatic rings. The van der Waals surface area contributed by atoms with Gasteiger partial charge in [0.15, 0.2) is 0 Å². The highest BCUT2D eigenvalue weighted by Crippen LogP contribution is 1.95. The Balaban J connectivity index is 3.78. The lowest BCUT2D eigenvalue weighted by atomic mass is 10.3. The highest BCUT2D eigenvalue weighted by molar-refractivity contribution is 7.80. The van der Waals surface area contributed by atoms with Gasteiger partial charge >= 0.3 is 0 Å². The summed E-state index contributed by atoms with van der Waals surface area (Å²) in [5, 5.41) is 0. The van der Waals surface area contributed by atoms with Crippen molar-refractivity contribution in [1.82, 2.24) is 4.90 Å². The van der Waals surface area contributed by atoms with Gasteiger partial charge in [0.05, 0.1) is 24.6 Å². The van der Waals surface area contributed by atoms with Gasteiger partial charge in [0.1, 0.15) is 0 Å². The minimum Gasteiger partial charge on any atom is -0.392 e. The first-order valence-corrected chi connectivity index (χ1v) is 5.66. The fourth-order valence-corrected chi connectivity index (χ4v) is 1.28. The molecule has 0 saturated carbocycles. The predicted octanol–water partition coefficient (Wildman–Crippen LogP) is 0.938. The van der Waals surface area contributed by atoms with Crippen LogP contribution in [0.25, 0.3) is 0 Å². The average Bonchev–Trinajstić information content (AvgIpc) is 2.20. The number of likely N-dealkylation sites (N-methyl/N-ethyl adjacent to an activating group) is 1. The van der Waals surface area contributed by atoms with Crippen molar-refractivity contribution >= 4 is 23.1 Å². The molecule has 0 saturated heterocycles. The van der Waals surface area contributed by atoms with Crippen LogP contribution in [-0.2, 0) is 9.53 Å². The zero-order valence-corrected chi connectivity index (χ0v) is 10.3. The number of amides is 1. The van der Waals surface area contributed by atoms with Gasteiger partial charge in [-0.3, -0.25) is 4.79 Å². The summed E-state index contributed by atoms with van der Waals surface area (Å²) in [5.74, 6) is 0.0430. The van der Waals surface area contributed by atoms with E-state index < -0.39 is 0 Å². The standard InChI is InChI=1S/C10H20N2O2S/c1-3-6-14-7-5-10(13)12(4-2)8-9(11)15/h3-8H2,1-2H3,(H2,11,15). The van der Waals surface area contributed by atoms with Crippen LogP contribution in [0.1, 0.15) is 26.7 Å². The summed E-state index contributed by atoms with van der Waals surface area (Å²) >= 11 is 4.76. The van der Waals surface area contributed by atoms with Crippen LogP contribution in [-0.4, -0.2) is 42.1 Å². The van der Waals surface area contributed by atoms with Crippen molar-refractivity contribution in [1.29, 1.82) is 0 Å². The minimum absolute atomic E-state index is 0.0430. The van der Waals surface area contributed by atoms with Gasteiger partial charge in [-0.05, 0) is 13.3 Å². The summed E-state index contributed by atoms with van der Waals surface area (Å²) in [6, 6.07) is 0. The molecule has 0 heterocycles. The van der Waals surface area contributed by atoms with Gasteiger partial charge in [-0.15, -0.1) is 0 Å². The summed E-state index contributed by atoms with van der Waals surface area (Å²) in [6.07, 6.45) is 1.37. The van der Waals surface area contributed by atoms with Gasteiger partial charge in [0, 0.05) is 13.2 Å². The first-order valence-electron chi connectivity index (χ1n) is 5.25. The lowest BCUT2D eigenvalue weighted by Crippen LogP contribution is -2.37. The molecule has 4 nitrogen and oxygen atoms in total. The van der Waals surface area contributed by atoms with Gasteiger partial charge in [0.25, 0.3) is 0 Å². The van der Waals surface area contributed by atoms with Crippen LogP contribution in [0.4, 0.5) is 0 Å². The van der Waals surface area contributed by atoms with Gasteiger partial charge < -0.3 is 15.4 Å². The molecule has 0 radical (unpaired) electrons. The fourth-order valence-electron chi connectivity index (χ4n) is 1.13. The molecular formula is C10H20N2O2S. The van der Waals surface area contributed by atoms with Crippen molar-refractivity contribution in [3.63, 3.8) is 0 Å². The summed E-state index contributed by atoms with van der Waals surface area (Å²) in [6.45, 7) is 6.10. The van der Waals surface area contributed by atoms with Crippen molar-refractivity contribution < 1.29 is 9.53 Å². The Morgan fingerprint density at radius 1 is 1.40 bits per heavy atom. The molecular weight excluding hydrogens is 212 g/mol. The van der Waals surface area contributed by atoms with E-state index in [0.29, 0.717) is 37.7 Å².